The highest BCUT2D eigenvalue weighted by molar-refractivity contribution is 5.97. The lowest BCUT2D eigenvalue weighted by molar-refractivity contribution is -0.936. The molecule has 0 radical (unpaired) electrons. The van der Waals surface area contributed by atoms with Gasteiger partial charge in [0.2, 0.25) is 11.4 Å². The molecule has 0 heterocycles. The third-order valence-corrected chi connectivity index (χ3v) is 3.86. The highest BCUT2D eigenvalue weighted by atomic mass is 35.5. The molecule has 1 atom stereocenters. The molecule has 0 spiro atoms. The van der Waals surface area contributed by atoms with Gasteiger partial charge in [0.15, 0.2) is 0 Å². The maximum Gasteiger partial charge on any atom is 0.240 e. The number of carbonyl (C=O) groups is 1. The third kappa shape index (κ3) is 2.89. The van der Waals surface area contributed by atoms with Crippen molar-refractivity contribution in [2.24, 2.45) is 5.73 Å². The fourth-order valence-electron chi connectivity index (χ4n) is 2.16. The Hall–Kier alpha value is -1.16. The highest BCUT2D eigenvalue weighted by Gasteiger charge is 2.49. The second kappa shape index (κ2) is 6.33. The monoisotopic (exact) mass is 282 g/mol. The normalized spacial score (nSPS) is 14.2. The molecule has 1 aromatic rings. The summed E-state index contributed by atoms with van der Waals surface area (Å²) in [7, 11) is 3.93. The van der Waals surface area contributed by atoms with Crippen molar-refractivity contribution in [1.29, 1.82) is 0 Å². The molecular formula is C15H23ClN2O. The van der Waals surface area contributed by atoms with E-state index in [9.17, 15) is 4.79 Å². The van der Waals surface area contributed by atoms with E-state index < -0.39 is 5.66 Å². The summed E-state index contributed by atoms with van der Waals surface area (Å²) in [6.07, 6.45) is 1.32. The van der Waals surface area contributed by atoms with Crippen LogP contribution in [0, 0.1) is 6.92 Å². The lowest BCUT2D eigenvalue weighted by atomic mass is 9.88. The van der Waals surface area contributed by atoms with Crippen LogP contribution in [0.15, 0.2) is 36.9 Å². The van der Waals surface area contributed by atoms with Crippen LogP contribution in [0.25, 0.3) is 0 Å². The molecule has 0 aliphatic rings. The Morgan fingerprint density at radius 2 is 1.95 bits per heavy atom. The first-order valence-corrected chi connectivity index (χ1v) is 6.16. The van der Waals surface area contributed by atoms with Gasteiger partial charge in [-0.05, 0) is 25.5 Å². The van der Waals surface area contributed by atoms with Crippen LogP contribution < -0.4 is 18.1 Å². The zero-order valence-corrected chi connectivity index (χ0v) is 12.9. The molecule has 0 aromatic heterocycles. The van der Waals surface area contributed by atoms with E-state index in [4.69, 9.17) is 5.73 Å². The van der Waals surface area contributed by atoms with E-state index in [2.05, 4.69) is 6.58 Å². The van der Waals surface area contributed by atoms with Crippen molar-refractivity contribution in [3.8, 4) is 0 Å². The van der Waals surface area contributed by atoms with Crippen molar-refractivity contribution in [1.82, 2.24) is 0 Å². The number of rotatable bonds is 5. The molecule has 1 aromatic carbocycles. The summed E-state index contributed by atoms with van der Waals surface area (Å²) in [6.45, 7) is 8.34. The van der Waals surface area contributed by atoms with Crippen molar-refractivity contribution in [2.45, 2.75) is 19.5 Å². The van der Waals surface area contributed by atoms with Crippen molar-refractivity contribution in [2.75, 3.05) is 20.6 Å². The highest BCUT2D eigenvalue weighted by Crippen LogP contribution is 2.31. The maximum absolute atomic E-state index is 12.3. The Bertz CT molecular complexity index is 471. The van der Waals surface area contributed by atoms with Crippen LogP contribution in [-0.4, -0.2) is 30.9 Å². The van der Waals surface area contributed by atoms with Crippen LogP contribution >= 0.6 is 0 Å². The van der Waals surface area contributed by atoms with Gasteiger partial charge in [-0.15, -0.1) is 0 Å². The number of halogens is 1. The van der Waals surface area contributed by atoms with E-state index in [1.807, 2.05) is 52.2 Å². The molecule has 106 valence electrons. The molecule has 19 heavy (non-hydrogen) atoms. The number of carbonyl (C=O) groups excluding carboxylic acids is 1. The van der Waals surface area contributed by atoms with Crippen molar-refractivity contribution < 1.29 is 21.7 Å². The van der Waals surface area contributed by atoms with Crippen molar-refractivity contribution in [3.63, 3.8) is 0 Å². The van der Waals surface area contributed by atoms with Crippen LogP contribution in [0.1, 0.15) is 18.1 Å². The van der Waals surface area contributed by atoms with Crippen LogP contribution in [0.3, 0.4) is 0 Å². The second-order valence-electron chi connectivity index (χ2n) is 5.15. The molecule has 2 N–H and O–H groups in total. The Balaban J connectivity index is 0.00000324. The Morgan fingerprint density at radius 3 is 2.37 bits per heavy atom. The summed E-state index contributed by atoms with van der Waals surface area (Å²) in [5.41, 5.74) is 7.32. The third-order valence-electron chi connectivity index (χ3n) is 3.86. The quantitative estimate of drug-likeness (QED) is 0.426. The first-order valence-electron chi connectivity index (χ1n) is 6.16. The molecule has 3 nitrogen and oxygen atoms in total. The molecule has 0 saturated carbocycles. The number of nitrogens with zero attached hydrogens (tertiary/aromatic N) is 1. The first-order chi connectivity index (χ1) is 8.31. The SMILES string of the molecule is C=CC(=O)C(N)(c1ccccc1C)[N+](C)(C)CC.[Cl-]. The van der Waals surface area contributed by atoms with E-state index in [0.717, 1.165) is 17.7 Å². The molecule has 1 rings (SSSR count). The van der Waals surface area contributed by atoms with Gasteiger partial charge in [0.25, 0.3) is 0 Å². The molecule has 0 amide bonds. The van der Waals surface area contributed by atoms with Gasteiger partial charge in [-0.3, -0.25) is 10.5 Å². The molecule has 0 aliphatic carbocycles. The van der Waals surface area contributed by atoms with Crippen LogP contribution in [0.4, 0.5) is 0 Å². The number of aryl methyl sites for hydroxylation is 1. The molecule has 0 bridgehead atoms. The summed E-state index contributed by atoms with van der Waals surface area (Å²) in [5.74, 6) is -0.149. The minimum Gasteiger partial charge on any atom is -1.00 e. The van der Waals surface area contributed by atoms with Crippen molar-refractivity contribution in [3.05, 3.63) is 48.0 Å². The molecular weight excluding hydrogens is 260 g/mol. The summed E-state index contributed by atoms with van der Waals surface area (Å²) >= 11 is 0. The number of hydrogen-bond donors (Lipinski definition) is 1. The standard InChI is InChI=1S/C15H23N2O.ClH/c1-6-14(18)15(16,17(4,5)7-2)13-11-9-8-10-12(13)3;/h6,8-11H,1,7,16H2,2-5H3;1H/q+1;/p-1. The van der Waals surface area contributed by atoms with Crippen LogP contribution in [-0.2, 0) is 10.5 Å². The summed E-state index contributed by atoms with van der Waals surface area (Å²) in [4.78, 5) is 12.3. The number of benzene rings is 1. The van der Waals surface area contributed by atoms with E-state index in [0.29, 0.717) is 4.48 Å². The number of hydrogen-bond acceptors (Lipinski definition) is 2. The number of quaternary nitrogens is 1. The number of likely N-dealkylation sites (N-methyl/N-ethyl adjacent to an activating group) is 1. The largest absolute Gasteiger partial charge is 1.00 e. The lowest BCUT2D eigenvalue weighted by Crippen LogP contribution is -3.00. The van der Waals surface area contributed by atoms with E-state index in [1.165, 1.54) is 6.08 Å². The van der Waals surface area contributed by atoms with Gasteiger partial charge >= 0.3 is 0 Å². The average Bonchev–Trinajstić information content (AvgIpc) is 2.37. The smallest absolute Gasteiger partial charge is 0.240 e. The summed E-state index contributed by atoms with van der Waals surface area (Å²) in [5, 5.41) is 0. The number of nitrogens with two attached hydrogens (primary N) is 1. The van der Waals surface area contributed by atoms with E-state index >= 15 is 0 Å². The van der Waals surface area contributed by atoms with E-state index in [1.54, 1.807) is 0 Å². The predicted molar refractivity (Wildman–Crippen MR) is 74.9 cm³/mol. The minimum atomic E-state index is -1.08. The summed E-state index contributed by atoms with van der Waals surface area (Å²) < 4.78 is 0.392. The van der Waals surface area contributed by atoms with Gasteiger partial charge in [0.05, 0.1) is 20.6 Å². The maximum atomic E-state index is 12.3. The molecule has 1 unspecified atom stereocenters. The molecule has 0 aliphatic heterocycles. The van der Waals surface area contributed by atoms with Crippen LogP contribution in [0.5, 0.6) is 0 Å². The fraction of sp³-hybridized carbons (Fsp3) is 0.400. The Labute approximate surface area is 122 Å². The van der Waals surface area contributed by atoms with Gasteiger partial charge in [-0.2, -0.15) is 0 Å². The minimum absolute atomic E-state index is 0. The van der Waals surface area contributed by atoms with Gasteiger partial charge < -0.3 is 16.9 Å². The Kier molecular flexibility index (Phi) is 5.94. The average molecular weight is 283 g/mol. The lowest BCUT2D eigenvalue weighted by Gasteiger charge is -2.44. The zero-order chi connectivity index (χ0) is 14.0. The van der Waals surface area contributed by atoms with Gasteiger partial charge in [0.1, 0.15) is 0 Å². The molecule has 4 heteroatoms. The second-order valence-corrected chi connectivity index (χ2v) is 5.15. The van der Waals surface area contributed by atoms with Gasteiger partial charge in [0, 0.05) is 5.56 Å². The Morgan fingerprint density at radius 1 is 1.42 bits per heavy atom. The van der Waals surface area contributed by atoms with Crippen molar-refractivity contribution >= 4 is 5.78 Å². The zero-order valence-electron chi connectivity index (χ0n) is 12.1. The van der Waals surface area contributed by atoms with Crippen LogP contribution in [0.2, 0.25) is 0 Å². The predicted octanol–water partition coefficient (Wildman–Crippen LogP) is -1.04. The topological polar surface area (TPSA) is 43.1 Å². The van der Waals surface area contributed by atoms with Gasteiger partial charge in [-0.25, -0.2) is 0 Å². The van der Waals surface area contributed by atoms with E-state index in [-0.39, 0.29) is 18.2 Å². The molecule has 0 saturated heterocycles. The number of ketones is 1. The fourth-order valence-corrected chi connectivity index (χ4v) is 2.16. The first kappa shape index (κ1) is 17.8. The molecule has 0 fully saturated rings. The summed E-state index contributed by atoms with van der Waals surface area (Å²) in [6, 6.07) is 7.76. The van der Waals surface area contributed by atoms with Gasteiger partial charge in [-0.1, -0.05) is 30.8 Å².